The van der Waals surface area contributed by atoms with Crippen molar-refractivity contribution in [2.45, 2.75) is 0 Å². The van der Waals surface area contributed by atoms with E-state index in [4.69, 9.17) is 34.8 Å². The van der Waals surface area contributed by atoms with E-state index in [0.29, 0.717) is 4.88 Å². The first-order valence-electron chi connectivity index (χ1n) is 4.72. The van der Waals surface area contributed by atoms with Crippen molar-refractivity contribution in [3.63, 3.8) is 0 Å². The molecule has 2 aromatic rings. The van der Waals surface area contributed by atoms with Gasteiger partial charge >= 0.3 is 0 Å². The molecule has 0 aliphatic carbocycles. The molecule has 0 saturated carbocycles. The van der Waals surface area contributed by atoms with E-state index in [9.17, 15) is 9.90 Å². The molecule has 0 atom stereocenters. The van der Waals surface area contributed by atoms with Gasteiger partial charge in [0, 0.05) is 0 Å². The molecule has 1 amide bonds. The van der Waals surface area contributed by atoms with Crippen LogP contribution in [0.15, 0.2) is 23.6 Å². The average molecular weight is 323 g/mol. The van der Waals surface area contributed by atoms with Crippen molar-refractivity contribution in [1.82, 2.24) is 0 Å². The minimum Gasteiger partial charge on any atom is -0.504 e. The summed E-state index contributed by atoms with van der Waals surface area (Å²) in [5.74, 6) is -0.698. The highest BCUT2D eigenvalue weighted by Gasteiger charge is 2.18. The summed E-state index contributed by atoms with van der Waals surface area (Å²) in [4.78, 5) is 12.3. The third kappa shape index (κ3) is 2.57. The van der Waals surface area contributed by atoms with Gasteiger partial charge < -0.3 is 10.4 Å². The maximum Gasteiger partial charge on any atom is 0.265 e. The van der Waals surface area contributed by atoms with Crippen LogP contribution in [0.25, 0.3) is 0 Å². The Labute approximate surface area is 122 Å². The molecule has 0 spiro atoms. The van der Waals surface area contributed by atoms with Gasteiger partial charge in [0.15, 0.2) is 5.75 Å². The van der Waals surface area contributed by atoms with Crippen LogP contribution in [0, 0.1) is 0 Å². The molecule has 0 aliphatic heterocycles. The lowest BCUT2D eigenvalue weighted by molar-refractivity contribution is 0.103. The van der Waals surface area contributed by atoms with Crippen LogP contribution in [0.5, 0.6) is 5.75 Å². The number of anilines is 1. The quantitative estimate of drug-likeness (QED) is 0.623. The van der Waals surface area contributed by atoms with Crippen molar-refractivity contribution in [2.75, 3.05) is 5.32 Å². The summed E-state index contributed by atoms with van der Waals surface area (Å²) in [6, 6.07) is 4.70. The van der Waals surface area contributed by atoms with E-state index in [1.54, 1.807) is 17.5 Å². The summed E-state index contributed by atoms with van der Waals surface area (Å²) in [5.41, 5.74) is 0.00701. The molecule has 7 heteroatoms. The van der Waals surface area contributed by atoms with E-state index >= 15 is 0 Å². The number of nitrogens with one attached hydrogen (secondary N) is 1. The lowest BCUT2D eigenvalue weighted by Crippen LogP contribution is -2.10. The molecule has 1 aromatic carbocycles. The van der Waals surface area contributed by atoms with Gasteiger partial charge in [-0.1, -0.05) is 40.9 Å². The Morgan fingerprint density at radius 2 is 2.00 bits per heavy atom. The first-order chi connectivity index (χ1) is 8.50. The highest BCUT2D eigenvalue weighted by Crippen LogP contribution is 2.42. The van der Waals surface area contributed by atoms with Crippen LogP contribution in [-0.4, -0.2) is 11.0 Å². The number of phenols is 1. The zero-order valence-electron chi connectivity index (χ0n) is 8.71. The number of amides is 1. The zero-order chi connectivity index (χ0) is 13.3. The minimum atomic E-state index is -0.388. The van der Waals surface area contributed by atoms with E-state index in [2.05, 4.69) is 5.32 Å². The van der Waals surface area contributed by atoms with Crippen molar-refractivity contribution in [3.8, 4) is 5.75 Å². The number of rotatable bonds is 2. The number of aromatic hydroxyl groups is 1. The van der Waals surface area contributed by atoms with Crippen LogP contribution < -0.4 is 5.32 Å². The smallest absolute Gasteiger partial charge is 0.265 e. The monoisotopic (exact) mass is 321 g/mol. The van der Waals surface area contributed by atoms with Gasteiger partial charge in [-0.15, -0.1) is 11.3 Å². The van der Waals surface area contributed by atoms with Gasteiger partial charge in [-0.25, -0.2) is 0 Å². The molecular weight excluding hydrogens is 317 g/mol. The molecule has 18 heavy (non-hydrogen) atoms. The topological polar surface area (TPSA) is 49.3 Å². The number of halogens is 3. The summed E-state index contributed by atoms with van der Waals surface area (Å²) in [6.07, 6.45) is 0. The normalized spacial score (nSPS) is 10.4. The van der Waals surface area contributed by atoms with E-state index in [1.165, 1.54) is 17.4 Å². The summed E-state index contributed by atoms with van der Waals surface area (Å²) in [7, 11) is 0. The van der Waals surface area contributed by atoms with Gasteiger partial charge in [-0.3, -0.25) is 4.79 Å². The van der Waals surface area contributed by atoms with Gasteiger partial charge in [0.1, 0.15) is 5.69 Å². The molecular formula is C11H6Cl3NO2S. The number of hydrogen-bond donors (Lipinski definition) is 2. The predicted octanol–water partition coefficient (Wildman–Crippen LogP) is 4.67. The first-order valence-corrected chi connectivity index (χ1v) is 6.73. The Kier molecular flexibility index (Phi) is 4.02. The van der Waals surface area contributed by atoms with Crippen LogP contribution in [0.3, 0.4) is 0 Å². The minimum absolute atomic E-state index is 0.00701. The van der Waals surface area contributed by atoms with Crippen molar-refractivity contribution in [2.24, 2.45) is 0 Å². The maximum absolute atomic E-state index is 11.8. The van der Waals surface area contributed by atoms with E-state index < -0.39 is 0 Å². The molecule has 0 fully saturated rings. The fraction of sp³-hybridized carbons (Fsp3) is 0. The zero-order valence-corrected chi connectivity index (χ0v) is 11.8. The Hall–Kier alpha value is -0.940. The lowest BCUT2D eigenvalue weighted by atomic mass is 10.2. The number of carbonyl (C=O) groups is 1. The SMILES string of the molecule is O=C(Nc1c(O)c(Cl)cc(Cl)c1Cl)c1cccs1. The molecule has 2 N–H and O–H groups in total. The van der Waals surface area contributed by atoms with Crippen LogP contribution in [0.4, 0.5) is 5.69 Å². The van der Waals surface area contributed by atoms with Crippen molar-refractivity contribution < 1.29 is 9.90 Å². The molecule has 2 rings (SSSR count). The Balaban J connectivity index is 2.38. The number of carbonyl (C=O) groups excluding carboxylic acids is 1. The first kappa shape index (κ1) is 13.5. The van der Waals surface area contributed by atoms with Gasteiger partial charge in [0.25, 0.3) is 5.91 Å². The second kappa shape index (κ2) is 5.36. The van der Waals surface area contributed by atoms with Crippen LogP contribution in [0.2, 0.25) is 15.1 Å². The largest absolute Gasteiger partial charge is 0.504 e. The second-order valence-electron chi connectivity index (χ2n) is 3.31. The van der Waals surface area contributed by atoms with Gasteiger partial charge in [-0.05, 0) is 17.5 Å². The van der Waals surface area contributed by atoms with E-state index in [1.807, 2.05) is 0 Å². The molecule has 0 bridgehead atoms. The molecule has 1 heterocycles. The second-order valence-corrected chi connectivity index (χ2v) is 5.45. The average Bonchev–Trinajstić information content (AvgIpc) is 2.85. The molecule has 0 aliphatic rings. The van der Waals surface area contributed by atoms with Crippen molar-refractivity contribution in [3.05, 3.63) is 43.5 Å². The van der Waals surface area contributed by atoms with Crippen LogP contribution in [-0.2, 0) is 0 Å². The highest BCUT2D eigenvalue weighted by atomic mass is 35.5. The summed E-state index contributed by atoms with van der Waals surface area (Å²) in [6.45, 7) is 0. The highest BCUT2D eigenvalue weighted by molar-refractivity contribution is 7.12. The predicted molar refractivity (Wildman–Crippen MR) is 75.4 cm³/mol. The summed E-state index contributed by atoms with van der Waals surface area (Å²) >= 11 is 18.8. The number of phenolic OH excluding ortho intramolecular Hbond substituents is 1. The Morgan fingerprint density at radius 1 is 1.28 bits per heavy atom. The van der Waals surface area contributed by atoms with Gasteiger partial charge in [0.2, 0.25) is 0 Å². The molecule has 1 aromatic heterocycles. The third-order valence-corrected chi connectivity index (χ3v) is 4.07. The number of hydrogen-bond acceptors (Lipinski definition) is 3. The van der Waals surface area contributed by atoms with Crippen LogP contribution >= 0.6 is 46.1 Å². The molecule has 0 radical (unpaired) electrons. The molecule has 0 unspecified atom stereocenters. The summed E-state index contributed by atoms with van der Waals surface area (Å²) in [5, 5.41) is 14.2. The lowest BCUT2D eigenvalue weighted by Gasteiger charge is -2.11. The molecule has 3 nitrogen and oxygen atoms in total. The van der Waals surface area contributed by atoms with Gasteiger partial charge in [-0.2, -0.15) is 0 Å². The number of thiophene rings is 1. The summed E-state index contributed by atoms with van der Waals surface area (Å²) < 4.78 is 0. The van der Waals surface area contributed by atoms with E-state index in [0.717, 1.165) is 0 Å². The van der Waals surface area contributed by atoms with Crippen molar-refractivity contribution in [1.29, 1.82) is 0 Å². The van der Waals surface area contributed by atoms with Crippen molar-refractivity contribution >= 4 is 57.7 Å². The fourth-order valence-corrected chi connectivity index (χ4v) is 2.56. The Bertz CT molecular complexity index is 573. The van der Waals surface area contributed by atoms with Gasteiger partial charge in [0.05, 0.1) is 19.9 Å². The Morgan fingerprint density at radius 3 is 2.61 bits per heavy atom. The molecule has 94 valence electrons. The van der Waals surface area contributed by atoms with Crippen LogP contribution in [0.1, 0.15) is 9.67 Å². The van der Waals surface area contributed by atoms with E-state index in [-0.39, 0.29) is 32.4 Å². The third-order valence-electron chi connectivity index (χ3n) is 2.13. The molecule has 0 saturated heterocycles. The standard InChI is InChI=1S/C11H6Cl3NO2S/c12-5-4-6(13)10(16)9(8(5)14)15-11(17)7-2-1-3-18-7/h1-4,16H,(H,15,17). The maximum atomic E-state index is 11.8. The fourth-order valence-electron chi connectivity index (χ4n) is 1.28. The number of benzene rings is 1.